The van der Waals surface area contributed by atoms with Crippen LogP contribution in [0.1, 0.15) is 105 Å². The predicted octanol–water partition coefficient (Wildman–Crippen LogP) is 8.02. The van der Waals surface area contributed by atoms with Gasteiger partial charge in [-0.25, -0.2) is 0 Å². The molecule has 178 valence electrons. The largest absolute Gasteiger partial charge is 0.359 e. The van der Waals surface area contributed by atoms with Crippen LogP contribution in [0.4, 0.5) is 0 Å². The Labute approximate surface area is 192 Å². The molecule has 0 saturated heterocycles. The maximum Gasteiger partial charge on any atom is 0.146 e. The van der Waals surface area contributed by atoms with Crippen LogP contribution in [-0.2, 0) is 9.47 Å². The van der Waals surface area contributed by atoms with Crippen molar-refractivity contribution in [3.63, 3.8) is 0 Å². The van der Waals surface area contributed by atoms with Gasteiger partial charge < -0.3 is 9.47 Å². The van der Waals surface area contributed by atoms with Crippen molar-refractivity contribution >= 4 is 0 Å². The highest BCUT2D eigenvalue weighted by Gasteiger charge is 2.59. The molecule has 0 N–H and O–H groups in total. The summed E-state index contributed by atoms with van der Waals surface area (Å²) in [6.07, 6.45) is 18.2. The third-order valence-electron chi connectivity index (χ3n) is 10.7. The average molecular weight is 431 g/mol. The van der Waals surface area contributed by atoms with Crippen LogP contribution in [0.25, 0.3) is 0 Å². The summed E-state index contributed by atoms with van der Waals surface area (Å²) in [5.41, 5.74) is 2.75. The average Bonchev–Trinajstić information content (AvgIpc) is 3.09. The van der Waals surface area contributed by atoms with E-state index >= 15 is 0 Å². The van der Waals surface area contributed by atoms with E-state index in [9.17, 15) is 0 Å². The van der Waals surface area contributed by atoms with E-state index in [1.54, 1.807) is 12.7 Å². The SMILES string of the molecule is COCOC1CCC2(C)C(=CCC3C2CCC2(C)C(C(C)CCCC(C)C)CCC32)C1. The van der Waals surface area contributed by atoms with Crippen molar-refractivity contribution in [3.05, 3.63) is 11.6 Å². The number of ether oxygens (including phenoxy) is 2. The molecule has 3 saturated carbocycles. The first kappa shape index (κ1) is 23.8. The molecule has 8 unspecified atom stereocenters. The lowest BCUT2D eigenvalue weighted by Crippen LogP contribution is -2.51. The molecule has 0 aromatic heterocycles. The molecule has 3 fully saturated rings. The summed E-state index contributed by atoms with van der Waals surface area (Å²) in [6.45, 7) is 13.1. The maximum absolute atomic E-state index is 5.97. The van der Waals surface area contributed by atoms with Crippen molar-refractivity contribution in [2.75, 3.05) is 13.9 Å². The molecule has 31 heavy (non-hydrogen) atoms. The lowest BCUT2D eigenvalue weighted by molar-refractivity contribution is -0.0985. The van der Waals surface area contributed by atoms with Crippen molar-refractivity contribution in [2.45, 2.75) is 111 Å². The molecule has 0 bridgehead atoms. The molecule has 0 aliphatic heterocycles. The molecule has 4 aliphatic rings. The van der Waals surface area contributed by atoms with Crippen molar-refractivity contribution in [1.29, 1.82) is 0 Å². The van der Waals surface area contributed by atoms with Gasteiger partial charge in [-0.2, -0.15) is 0 Å². The zero-order valence-electron chi connectivity index (χ0n) is 21.4. The summed E-state index contributed by atoms with van der Waals surface area (Å²) in [4.78, 5) is 0. The van der Waals surface area contributed by atoms with Gasteiger partial charge in [-0.3, -0.25) is 0 Å². The summed E-state index contributed by atoms with van der Waals surface area (Å²) in [5, 5.41) is 0. The summed E-state index contributed by atoms with van der Waals surface area (Å²) in [5.74, 6) is 5.51. The van der Waals surface area contributed by atoms with E-state index in [1.807, 2.05) is 0 Å². The minimum absolute atomic E-state index is 0.368. The van der Waals surface area contributed by atoms with E-state index in [-0.39, 0.29) is 0 Å². The number of fused-ring (bicyclic) bond motifs is 5. The van der Waals surface area contributed by atoms with E-state index in [2.05, 4.69) is 40.7 Å². The standard InChI is InChI=1S/C29H50O2/c1-20(2)8-7-9-21(3)25-12-13-26-24-11-10-22-18-23(31-19-30-6)14-16-28(22,4)27(24)15-17-29(25,26)5/h10,20-21,23-27H,7-9,11-19H2,1-6H3. The van der Waals surface area contributed by atoms with Gasteiger partial charge in [0.15, 0.2) is 0 Å². The van der Waals surface area contributed by atoms with Gasteiger partial charge in [-0.15, -0.1) is 0 Å². The lowest BCUT2D eigenvalue weighted by Gasteiger charge is -2.58. The Balaban J connectivity index is 1.45. The fourth-order valence-electron chi connectivity index (χ4n) is 8.96. The van der Waals surface area contributed by atoms with E-state index < -0.39 is 0 Å². The first-order valence-electron chi connectivity index (χ1n) is 13.6. The molecule has 0 amide bonds. The molecule has 0 aromatic rings. The predicted molar refractivity (Wildman–Crippen MR) is 130 cm³/mol. The van der Waals surface area contributed by atoms with Crippen LogP contribution >= 0.6 is 0 Å². The molecule has 4 aliphatic carbocycles. The van der Waals surface area contributed by atoms with Gasteiger partial charge >= 0.3 is 0 Å². The van der Waals surface area contributed by atoms with Gasteiger partial charge in [0.1, 0.15) is 6.79 Å². The van der Waals surface area contributed by atoms with E-state index in [0.717, 1.165) is 41.9 Å². The van der Waals surface area contributed by atoms with Gasteiger partial charge in [-0.05, 0) is 97.7 Å². The summed E-state index contributed by atoms with van der Waals surface area (Å²) < 4.78 is 11.1. The van der Waals surface area contributed by atoms with Crippen molar-refractivity contribution in [2.24, 2.45) is 46.3 Å². The topological polar surface area (TPSA) is 18.5 Å². The quantitative estimate of drug-likeness (QED) is 0.287. The Morgan fingerprint density at radius 1 is 1.00 bits per heavy atom. The molecule has 4 rings (SSSR count). The van der Waals surface area contributed by atoms with Gasteiger partial charge in [0, 0.05) is 7.11 Å². The molecular formula is C29H50O2. The van der Waals surface area contributed by atoms with Gasteiger partial charge in [0.2, 0.25) is 0 Å². The molecule has 0 spiro atoms. The zero-order chi connectivity index (χ0) is 22.2. The number of hydrogen-bond donors (Lipinski definition) is 0. The second-order valence-electron chi connectivity index (χ2n) is 12.7. The molecular weight excluding hydrogens is 380 g/mol. The Hall–Kier alpha value is -0.340. The summed E-state index contributed by atoms with van der Waals surface area (Å²) in [7, 11) is 1.73. The van der Waals surface area contributed by atoms with E-state index in [0.29, 0.717) is 23.7 Å². The first-order valence-corrected chi connectivity index (χ1v) is 13.6. The first-order chi connectivity index (χ1) is 14.8. The highest BCUT2D eigenvalue weighted by Crippen LogP contribution is 2.67. The minimum Gasteiger partial charge on any atom is -0.359 e. The van der Waals surface area contributed by atoms with Crippen LogP contribution in [0, 0.1) is 46.3 Å². The minimum atomic E-state index is 0.368. The molecule has 0 heterocycles. The van der Waals surface area contributed by atoms with Gasteiger partial charge in [0.25, 0.3) is 0 Å². The van der Waals surface area contributed by atoms with Crippen LogP contribution in [0.15, 0.2) is 11.6 Å². The van der Waals surface area contributed by atoms with Crippen molar-refractivity contribution in [3.8, 4) is 0 Å². The Bertz CT molecular complexity index is 639. The fraction of sp³-hybridized carbons (Fsp3) is 0.931. The van der Waals surface area contributed by atoms with Crippen LogP contribution in [-0.4, -0.2) is 20.0 Å². The third-order valence-corrected chi connectivity index (χ3v) is 10.7. The highest BCUT2D eigenvalue weighted by molar-refractivity contribution is 5.25. The van der Waals surface area contributed by atoms with Crippen molar-refractivity contribution < 1.29 is 9.47 Å². The van der Waals surface area contributed by atoms with Gasteiger partial charge in [-0.1, -0.05) is 65.5 Å². The van der Waals surface area contributed by atoms with Crippen LogP contribution < -0.4 is 0 Å². The van der Waals surface area contributed by atoms with Crippen molar-refractivity contribution in [1.82, 2.24) is 0 Å². The normalized spacial score (nSPS) is 43.2. The molecule has 8 atom stereocenters. The number of allylic oxidation sites excluding steroid dienone is 1. The molecule has 2 heteroatoms. The van der Waals surface area contributed by atoms with Crippen LogP contribution in [0.3, 0.4) is 0 Å². The van der Waals surface area contributed by atoms with E-state index in [4.69, 9.17) is 9.47 Å². The van der Waals surface area contributed by atoms with Gasteiger partial charge in [0.05, 0.1) is 6.10 Å². The Kier molecular flexibility index (Phi) is 7.29. The third kappa shape index (κ3) is 4.42. The van der Waals surface area contributed by atoms with E-state index in [1.165, 1.54) is 64.2 Å². The monoisotopic (exact) mass is 430 g/mol. The van der Waals surface area contributed by atoms with Crippen LogP contribution in [0.5, 0.6) is 0 Å². The second-order valence-corrected chi connectivity index (χ2v) is 12.7. The molecule has 0 radical (unpaired) electrons. The fourth-order valence-corrected chi connectivity index (χ4v) is 8.96. The highest BCUT2D eigenvalue weighted by atomic mass is 16.7. The number of methoxy groups -OCH3 is 1. The number of rotatable bonds is 8. The Morgan fingerprint density at radius 2 is 1.81 bits per heavy atom. The second kappa shape index (κ2) is 9.49. The molecule has 0 aromatic carbocycles. The Morgan fingerprint density at radius 3 is 2.55 bits per heavy atom. The molecule has 2 nitrogen and oxygen atoms in total. The van der Waals surface area contributed by atoms with Crippen LogP contribution in [0.2, 0.25) is 0 Å². The lowest BCUT2D eigenvalue weighted by atomic mass is 9.47. The summed E-state index contributed by atoms with van der Waals surface area (Å²) in [6, 6.07) is 0. The summed E-state index contributed by atoms with van der Waals surface area (Å²) >= 11 is 0. The number of hydrogen-bond acceptors (Lipinski definition) is 2. The zero-order valence-corrected chi connectivity index (χ0v) is 21.4. The maximum atomic E-state index is 5.97. The smallest absolute Gasteiger partial charge is 0.146 e.